The normalized spacial score (nSPS) is 14.2. The van der Waals surface area contributed by atoms with Crippen LogP contribution in [0.5, 0.6) is 5.75 Å². The van der Waals surface area contributed by atoms with Crippen molar-refractivity contribution in [3.63, 3.8) is 0 Å². The number of benzene rings is 1. The Morgan fingerprint density at radius 1 is 1.20 bits per heavy atom. The van der Waals surface area contributed by atoms with E-state index in [4.69, 9.17) is 4.74 Å². The fourth-order valence-corrected chi connectivity index (χ4v) is 3.03. The number of ether oxygens (including phenoxy) is 1. The topological polar surface area (TPSA) is 21.3 Å². The van der Waals surface area contributed by atoms with Gasteiger partial charge in [0.05, 0.1) is 7.11 Å². The average Bonchev–Trinajstić information content (AvgIpc) is 2.24. The van der Waals surface area contributed by atoms with E-state index in [9.17, 15) is 4.39 Å². The molecule has 0 aliphatic carbocycles. The zero-order valence-corrected chi connectivity index (χ0v) is 13.8. The zero-order chi connectivity index (χ0) is 15.6. The molecule has 20 heavy (non-hydrogen) atoms. The van der Waals surface area contributed by atoms with E-state index in [0.29, 0.717) is 11.3 Å². The summed E-state index contributed by atoms with van der Waals surface area (Å²) in [6, 6.07) is 4.98. The lowest BCUT2D eigenvalue weighted by molar-refractivity contribution is 0.225. The van der Waals surface area contributed by atoms with Crippen molar-refractivity contribution in [2.45, 2.75) is 59.5 Å². The van der Waals surface area contributed by atoms with Crippen molar-refractivity contribution in [1.29, 1.82) is 0 Å². The number of hydrogen-bond donors (Lipinski definition) is 1. The van der Waals surface area contributed by atoms with E-state index in [0.717, 1.165) is 6.42 Å². The first-order chi connectivity index (χ1) is 9.04. The molecule has 0 aliphatic rings. The molecule has 1 aromatic carbocycles. The molecular formula is C17H28FNO. The molecule has 0 spiro atoms. The second kappa shape index (κ2) is 6.13. The quantitative estimate of drug-likeness (QED) is 0.844. The van der Waals surface area contributed by atoms with Gasteiger partial charge in [0.15, 0.2) is 0 Å². The van der Waals surface area contributed by atoms with Gasteiger partial charge in [-0.05, 0) is 38.7 Å². The Bertz CT molecular complexity index is 449. The fourth-order valence-electron chi connectivity index (χ4n) is 3.03. The largest absolute Gasteiger partial charge is 0.497 e. The Morgan fingerprint density at radius 3 is 2.25 bits per heavy atom. The monoisotopic (exact) mass is 281 g/mol. The Morgan fingerprint density at radius 2 is 1.80 bits per heavy atom. The van der Waals surface area contributed by atoms with Crippen LogP contribution >= 0.6 is 0 Å². The van der Waals surface area contributed by atoms with Crippen molar-refractivity contribution in [3.05, 3.63) is 29.6 Å². The summed E-state index contributed by atoms with van der Waals surface area (Å²) in [5.41, 5.74) is 0.853. The van der Waals surface area contributed by atoms with Crippen molar-refractivity contribution >= 4 is 0 Å². The molecule has 3 heteroatoms. The predicted octanol–water partition coefficient (Wildman–Crippen LogP) is 4.70. The van der Waals surface area contributed by atoms with Crippen LogP contribution in [0.15, 0.2) is 18.2 Å². The molecular weight excluding hydrogens is 253 g/mol. The van der Waals surface area contributed by atoms with E-state index in [2.05, 4.69) is 39.9 Å². The molecule has 0 amide bonds. The first kappa shape index (κ1) is 17.0. The highest BCUT2D eigenvalue weighted by Gasteiger charge is 2.27. The second-order valence-electron chi connectivity index (χ2n) is 7.37. The lowest BCUT2D eigenvalue weighted by Gasteiger charge is -2.36. The Hall–Kier alpha value is -1.09. The van der Waals surface area contributed by atoms with Gasteiger partial charge in [-0.2, -0.15) is 0 Å². The summed E-state index contributed by atoms with van der Waals surface area (Å²) < 4.78 is 19.1. The van der Waals surface area contributed by atoms with Crippen LogP contribution in [-0.4, -0.2) is 12.6 Å². The second-order valence-corrected chi connectivity index (χ2v) is 7.37. The maximum atomic E-state index is 14.1. The van der Waals surface area contributed by atoms with Crippen LogP contribution < -0.4 is 10.1 Å². The summed E-state index contributed by atoms with van der Waals surface area (Å²) in [5.74, 6) is 0.323. The van der Waals surface area contributed by atoms with E-state index in [1.807, 2.05) is 6.92 Å². The van der Waals surface area contributed by atoms with Crippen molar-refractivity contribution in [3.8, 4) is 5.75 Å². The van der Waals surface area contributed by atoms with Crippen LogP contribution in [0, 0.1) is 11.2 Å². The standard InChI is InChI=1S/C17H28FNO/c1-12(19-17(5,6)11-16(2,3)4)14-9-8-13(20-7)10-15(14)18/h8-10,12,19H,11H2,1-7H3. The molecule has 1 atom stereocenters. The predicted molar refractivity (Wildman–Crippen MR) is 82.7 cm³/mol. The van der Waals surface area contributed by atoms with Gasteiger partial charge in [-0.15, -0.1) is 0 Å². The zero-order valence-electron chi connectivity index (χ0n) is 13.8. The third kappa shape index (κ3) is 5.12. The molecule has 1 aromatic rings. The molecule has 0 aliphatic heterocycles. The van der Waals surface area contributed by atoms with Gasteiger partial charge >= 0.3 is 0 Å². The van der Waals surface area contributed by atoms with E-state index < -0.39 is 0 Å². The SMILES string of the molecule is COc1ccc(C(C)NC(C)(C)CC(C)(C)C)c(F)c1. The van der Waals surface area contributed by atoms with Gasteiger partial charge < -0.3 is 10.1 Å². The summed E-state index contributed by atoms with van der Waals surface area (Å²) in [6.07, 6.45) is 1.02. The minimum absolute atomic E-state index is 0.0433. The molecule has 2 nitrogen and oxygen atoms in total. The third-order valence-corrected chi connectivity index (χ3v) is 3.25. The summed E-state index contributed by atoms with van der Waals surface area (Å²) in [5, 5.41) is 3.53. The average molecular weight is 281 g/mol. The molecule has 0 bridgehead atoms. The van der Waals surface area contributed by atoms with E-state index in [1.54, 1.807) is 19.2 Å². The van der Waals surface area contributed by atoms with Gasteiger partial charge in [0.2, 0.25) is 0 Å². The lowest BCUT2D eigenvalue weighted by Crippen LogP contribution is -2.43. The molecule has 1 rings (SSSR count). The van der Waals surface area contributed by atoms with Crippen LogP contribution in [0.1, 0.15) is 59.6 Å². The molecule has 1 unspecified atom stereocenters. The van der Waals surface area contributed by atoms with Crippen molar-refractivity contribution in [1.82, 2.24) is 5.32 Å². The first-order valence-electron chi connectivity index (χ1n) is 7.15. The fraction of sp³-hybridized carbons (Fsp3) is 0.647. The Kier molecular flexibility index (Phi) is 5.20. The third-order valence-electron chi connectivity index (χ3n) is 3.25. The first-order valence-corrected chi connectivity index (χ1v) is 7.15. The molecule has 0 saturated carbocycles. The minimum Gasteiger partial charge on any atom is -0.497 e. The van der Waals surface area contributed by atoms with Crippen molar-refractivity contribution in [2.75, 3.05) is 7.11 Å². The summed E-state index contributed by atoms with van der Waals surface area (Å²) in [4.78, 5) is 0. The summed E-state index contributed by atoms with van der Waals surface area (Å²) in [7, 11) is 1.54. The van der Waals surface area contributed by atoms with Crippen LogP contribution in [0.25, 0.3) is 0 Å². The molecule has 1 N–H and O–H groups in total. The smallest absolute Gasteiger partial charge is 0.131 e. The highest BCUT2D eigenvalue weighted by molar-refractivity contribution is 5.30. The lowest BCUT2D eigenvalue weighted by atomic mass is 9.81. The van der Waals surface area contributed by atoms with Crippen LogP contribution in [0.3, 0.4) is 0 Å². The van der Waals surface area contributed by atoms with Gasteiger partial charge in [-0.25, -0.2) is 4.39 Å². The van der Waals surface area contributed by atoms with Gasteiger partial charge in [0.1, 0.15) is 11.6 Å². The number of hydrogen-bond acceptors (Lipinski definition) is 2. The molecule has 0 aromatic heterocycles. The maximum absolute atomic E-state index is 14.1. The van der Waals surface area contributed by atoms with Gasteiger partial charge in [-0.1, -0.05) is 26.8 Å². The Balaban J connectivity index is 2.83. The Labute approximate surface area is 122 Å². The molecule has 0 fully saturated rings. The highest BCUT2D eigenvalue weighted by Crippen LogP contribution is 2.30. The van der Waals surface area contributed by atoms with Crippen LogP contribution in [0.2, 0.25) is 0 Å². The minimum atomic E-state index is -0.226. The van der Waals surface area contributed by atoms with E-state index in [-0.39, 0.29) is 22.8 Å². The van der Waals surface area contributed by atoms with Gasteiger partial charge in [0, 0.05) is 23.2 Å². The van der Waals surface area contributed by atoms with Gasteiger partial charge in [-0.3, -0.25) is 0 Å². The van der Waals surface area contributed by atoms with Crippen molar-refractivity contribution in [2.24, 2.45) is 5.41 Å². The number of nitrogens with one attached hydrogen (secondary N) is 1. The number of halogens is 1. The molecule has 0 radical (unpaired) electrons. The molecule has 114 valence electrons. The number of methoxy groups -OCH3 is 1. The molecule has 0 heterocycles. The highest BCUT2D eigenvalue weighted by atomic mass is 19.1. The van der Waals surface area contributed by atoms with Gasteiger partial charge in [0.25, 0.3) is 0 Å². The maximum Gasteiger partial charge on any atom is 0.131 e. The van der Waals surface area contributed by atoms with Crippen molar-refractivity contribution < 1.29 is 9.13 Å². The summed E-state index contributed by atoms with van der Waals surface area (Å²) in [6.45, 7) is 13.0. The van der Waals surface area contributed by atoms with Crippen LogP contribution in [-0.2, 0) is 0 Å². The number of rotatable bonds is 5. The van der Waals surface area contributed by atoms with Crippen LogP contribution in [0.4, 0.5) is 4.39 Å². The summed E-state index contributed by atoms with van der Waals surface area (Å²) >= 11 is 0. The van der Waals surface area contributed by atoms with E-state index >= 15 is 0 Å². The van der Waals surface area contributed by atoms with E-state index in [1.165, 1.54) is 6.07 Å². The molecule has 0 saturated heterocycles.